The maximum absolute atomic E-state index is 6.60. The molecule has 5 nitrogen and oxygen atoms in total. The van der Waals surface area contributed by atoms with Crippen molar-refractivity contribution in [1.29, 1.82) is 0 Å². The average molecular weight is 784 g/mol. The predicted molar refractivity (Wildman–Crippen MR) is 248 cm³/mol. The van der Waals surface area contributed by atoms with Crippen LogP contribution >= 0.6 is 0 Å². The number of nitrogens with zero attached hydrogens (tertiary/aromatic N) is 3. The normalized spacial score (nSPS) is 13.9. The van der Waals surface area contributed by atoms with Gasteiger partial charge in [0.2, 0.25) is 0 Å². The van der Waals surface area contributed by atoms with Crippen LogP contribution < -0.4 is 0 Å². The lowest BCUT2D eigenvalue weighted by atomic mass is 9.84. The van der Waals surface area contributed by atoms with E-state index in [1.54, 1.807) is 0 Å². The Bertz CT molecular complexity index is 3500. The molecule has 12 rings (SSSR count). The van der Waals surface area contributed by atoms with E-state index < -0.39 is 0 Å². The van der Waals surface area contributed by atoms with Crippen LogP contribution in [0.4, 0.5) is 0 Å². The van der Waals surface area contributed by atoms with Crippen LogP contribution in [0.5, 0.6) is 0 Å². The van der Waals surface area contributed by atoms with Gasteiger partial charge in [0.25, 0.3) is 0 Å². The minimum Gasteiger partial charge on any atom is -0.460 e. The first-order valence-electron chi connectivity index (χ1n) is 20.8. The summed E-state index contributed by atoms with van der Waals surface area (Å²) in [6.45, 7) is 2.25. The van der Waals surface area contributed by atoms with Gasteiger partial charge in [-0.1, -0.05) is 177 Å². The molecule has 0 radical (unpaired) electrons. The Morgan fingerprint density at radius 1 is 0.426 bits per heavy atom. The fourth-order valence-corrected chi connectivity index (χ4v) is 9.11. The number of furan rings is 2. The van der Waals surface area contributed by atoms with E-state index in [1.807, 2.05) is 42.5 Å². The van der Waals surface area contributed by atoms with Crippen molar-refractivity contribution < 1.29 is 8.83 Å². The molecule has 8 aromatic carbocycles. The fraction of sp³-hybridized carbons (Fsp3) is 0.0536. The van der Waals surface area contributed by atoms with Crippen molar-refractivity contribution in [3.05, 3.63) is 205 Å². The molecule has 0 N–H and O–H groups in total. The molecule has 0 aliphatic heterocycles. The van der Waals surface area contributed by atoms with Gasteiger partial charge in [-0.2, -0.15) is 0 Å². The van der Waals surface area contributed by atoms with Gasteiger partial charge >= 0.3 is 0 Å². The summed E-state index contributed by atoms with van der Waals surface area (Å²) < 4.78 is 13.0. The lowest BCUT2D eigenvalue weighted by molar-refractivity contribution is 0.512. The molecule has 0 bridgehead atoms. The van der Waals surface area contributed by atoms with Gasteiger partial charge in [-0.15, -0.1) is 0 Å². The molecule has 0 spiro atoms. The first kappa shape index (κ1) is 35.1. The third kappa shape index (κ3) is 6.05. The Kier molecular flexibility index (Phi) is 8.13. The monoisotopic (exact) mass is 783 g/mol. The molecule has 1 aliphatic carbocycles. The fourth-order valence-electron chi connectivity index (χ4n) is 9.11. The molecule has 0 saturated heterocycles. The van der Waals surface area contributed by atoms with E-state index in [0.717, 1.165) is 89.6 Å². The number of fused-ring (bicyclic) bond motifs is 7. The van der Waals surface area contributed by atoms with Gasteiger partial charge in [-0.25, -0.2) is 15.0 Å². The number of benzene rings is 8. The Labute approximate surface area is 352 Å². The molecule has 11 aromatic rings. The Hall–Kier alpha value is -7.89. The second kappa shape index (κ2) is 14.1. The first-order valence-corrected chi connectivity index (χ1v) is 20.8. The summed E-state index contributed by atoms with van der Waals surface area (Å²) in [6, 6.07) is 63.4. The third-order valence-electron chi connectivity index (χ3n) is 12.1. The van der Waals surface area contributed by atoms with Crippen LogP contribution in [0.3, 0.4) is 0 Å². The first-order chi connectivity index (χ1) is 30.1. The summed E-state index contributed by atoms with van der Waals surface area (Å²) in [5, 5.41) is 5.80. The second-order valence-corrected chi connectivity index (χ2v) is 16.0. The second-order valence-electron chi connectivity index (χ2n) is 16.0. The van der Waals surface area contributed by atoms with Crippen LogP contribution in [0.25, 0.3) is 106 Å². The molecule has 288 valence electrons. The topological polar surface area (TPSA) is 65.0 Å². The lowest BCUT2D eigenvalue weighted by Gasteiger charge is -2.19. The van der Waals surface area contributed by atoms with Crippen molar-refractivity contribution in [3.8, 4) is 56.4 Å². The van der Waals surface area contributed by atoms with Gasteiger partial charge in [0.15, 0.2) is 17.5 Å². The van der Waals surface area contributed by atoms with Crippen LogP contribution in [0, 0.1) is 5.92 Å². The Balaban J connectivity index is 0.917. The van der Waals surface area contributed by atoms with Crippen LogP contribution in [-0.2, 0) is 6.42 Å². The van der Waals surface area contributed by atoms with Gasteiger partial charge in [0.1, 0.15) is 22.5 Å². The highest BCUT2D eigenvalue weighted by molar-refractivity contribution is 6.10. The number of hydrogen-bond acceptors (Lipinski definition) is 5. The standard InChI is InChI=1S/C56H37N3O2/c1-34-31-47(52-48-33-41(29-30-50(48)60-51(52)32-34)44-18-10-19-46-45-16-7-8-20-49(45)61-53(44)46)37-23-27-40(28-24-37)56-58-54(38-12-3-2-4-13-38)57-55(59-56)39-25-21-36(22-26-39)43-17-9-14-35-11-5-6-15-42(35)43/h2-31,33-34H,32H2,1H3. The van der Waals surface area contributed by atoms with Crippen molar-refractivity contribution in [2.24, 2.45) is 5.92 Å². The number of allylic oxidation sites excluding steroid dienone is 1. The zero-order valence-electron chi connectivity index (χ0n) is 33.3. The quantitative estimate of drug-likeness (QED) is 0.168. The van der Waals surface area contributed by atoms with Gasteiger partial charge in [0.05, 0.1) is 0 Å². The summed E-state index contributed by atoms with van der Waals surface area (Å²) >= 11 is 0. The molecule has 3 heterocycles. The SMILES string of the molecule is CC1C=C(c2ccc(-c3nc(-c4ccccc4)nc(-c4ccc(-c5cccc6ccccc56)cc4)n3)cc2)c2c(oc3ccc(-c4cccc5c4oc4ccccc45)cc23)C1. The molecular formula is C56H37N3O2. The molecule has 3 aromatic heterocycles. The number of rotatable bonds is 6. The lowest BCUT2D eigenvalue weighted by Crippen LogP contribution is -2.06. The summed E-state index contributed by atoms with van der Waals surface area (Å²) in [5.41, 5.74) is 13.4. The van der Waals surface area contributed by atoms with Crippen molar-refractivity contribution >= 4 is 49.3 Å². The Morgan fingerprint density at radius 3 is 1.75 bits per heavy atom. The molecule has 0 amide bonds. The van der Waals surface area contributed by atoms with Crippen molar-refractivity contribution in [2.75, 3.05) is 0 Å². The summed E-state index contributed by atoms with van der Waals surface area (Å²) in [5.74, 6) is 3.22. The van der Waals surface area contributed by atoms with Crippen molar-refractivity contribution in [1.82, 2.24) is 15.0 Å². The predicted octanol–water partition coefficient (Wildman–Crippen LogP) is 14.6. The van der Waals surface area contributed by atoms with Gasteiger partial charge in [-0.3, -0.25) is 0 Å². The minimum absolute atomic E-state index is 0.318. The molecule has 5 heteroatoms. The van der Waals surface area contributed by atoms with E-state index in [9.17, 15) is 0 Å². The van der Waals surface area contributed by atoms with Gasteiger partial charge in [0, 0.05) is 50.4 Å². The van der Waals surface area contributed by atoms with Crippen LogP contribution in [0.15, 0.2) is 197 Å². The number of para-hydroxylation sites is 2. The maximum Gasteiger partial charge on any atom is 0.164 e. The number of aromatic nitrogens is 3. The maximum atomic E-state index is 6.60. The highest BCUT2D eigenvalue weighted by Gasteiger charge is 2.26. The van der Waals surface area contributed by atoms with Crippen molar-refractivity contribution in [3.63, 3.8) is 0 Å². The highest BCUT2D eigenvalue weighted by atomic mass is 16.3. The number of hydrogen-bond donors (Lipinski definition) is 0. The molecule has 0 fully saturated rings. The Morgan fingerprint density at radius 2 is 0.984 bits per heavy atom. The van der Waals surface area contributed by atoms with E-state index in [2.05, 4.69) is 153 Å². The largest absolute Gasteiger partial charge is 0.460 e. The molecular weight excluding hydrogens is 747 g/mol. The van der Waals surface area contributed by atoms with Crippen LogP contribution in [-0.4, -0.2) is 15.0 Å². The molecule has 1 atom stereocenters. The molecule has 1 aliphatic rings. The van der Waals surface area contributed by atoms with E-state index in [0.29, 0.717) is 23.4 Å². The van der Waals surface area contributed by atoms with E-state index in [-0.39, 0.29) is 0 Å². The highest BCUT2D eigenvalue weighted by Crippen LogP contribution is 2.44. The third-order valence-corrected chi connectivity index (χ3v) is 12.1. The summed E-state index contributed by atoms with van der Waals surface area (Å²) in [7, 11) is 0. The molecule has 0 saturated carbocycles. The van der Waals surface area contributed by atoms with E-state index in [4.69, 9.17) is 23.8 Å². The molecule has 1 unspecified atom stereocenters. The van der Waals surface area contributed by atoms with E-state index in [1.165, 1.54) is 21.9 Å². The smallest absolute Gasteiger partial charge is 0.164 e. The zero-order chi connectivity index (χ0) is 40.4. The average Bonchev–Trinajstić information content (AvgIpc) is 3.89. The van der Waals surface area contributed by atoms with Crippen LogP contribution in [0.1, 0.15) is 23.8 Å². The summed E-state index contributed by atoms with van der Waals surface area (Å²) in [6.07, 6.45) is 3.23. The van der Waals surface area contributed by atoms with Crippen molar-refractivity contribution in [2.45, 2.75) is 13.3 Å². The molecule has 61 heavy (non-hydrogen) atoms. The van der Waals surface area contributed by atoms with E-state index >= 15 is 0 Å². The van der Waals surface area contributed by atoms with Crippen LogP contribution in [0.2, 0.25) is 0 Å². The summed E-state index contributed by atoms with van der Waals surface area (Å²) in [4.78, 5) is 15.1. The van der Waals surface area contributed by atoms with Gasteiger partial charge < -0.3 is 8.83 Å². The minimum atomic E-state index is 0.318. The van der Waals surface area contributed by atoms with Gasteiger partial charge in [-0.05, 0) is 62.7 Å². The zero-order valence-corrected chi connectivity index (χ0v) is 33.3.